The van der Waals surface area contributed by atoms with E-state index in [-0.39, 0.29) is 24.2 Å². The number of rotatable bonds is 4. The molecule has 0 aliphatic heterocycles. The molecule has 0 atom stereocenters. The maximum Gasteiger partial charge on any atom is 0.277 e. The zero-order chi connectivity index (χ0) is 14.0. The number of hydrogen-bond acceptors (Lipinski definition) is 4. The van der Waals surface area contributed by atoms with Gasteiger partial charge in [0.1, 0.15) is 0 Å². The minimum absolute atomic E-state index is 0.0522. The lowest BCUT2D eigenvalue weighted by atomic mass is 10.1. The third-order valence-corrected chi connectivity index (χ3v) is 3.55. The standard InChI is InChI=1S/C12H19N5O2/c1-7-10(14)11(16-15-7)12(19)17(6-9(13)18)8-4-2-3-5-8/h8H,2-6,14H2,1H3,(H2,13,18)(H,15,16). The van der Waals surface area contributed by atoms with Gasteiger partial charge in [-0.2, -0.15) is 5.10 Å². The van der Waals surface area contributed by atoms with Gasteiger partial charge in [0.15, 0.2) is 5.69 Å². The highest BCUT2D eigenvalue weighted by atomic mass is 16.2. The Hall–Kier alpha value is -2.05. The molecule has 5 N–H and O–H groups in total. The average Bonchev–Trinajstić information content (AvgIpc) is 2.97. The monoisotopic (exact) mass is 265 g/mol. The first-order chi connectivity index (χ1) is 9.00. The lowest BCUT2D eigenvalue weighted by Gasteiger charge is -2.27. The molecular formula is C12H19N5O2. The van der Waals surface area contributed by atoms with Gasteiger partial charge in [-0.25, -0.2) is 0 Å². The highest BCUT2D eigenvalue weighted by molar-refractivity contribution is 5.99. The van der Waals surface area contributed by atoms with Crippen molar-refractivity contribution in [3.63, 3.8) is 0 Å². The van der Waals surface area contributed by atoms with Crippen molar-refractivity contribution < 1.29 is 9.59 Å². The number of nitrogens with zero attached hydrogens (tertiary/aromatic N) is 2. The van der Waals surface area contributed by atoms with Gasteiger partial charge in [-0.05, 0) is 19.8 Å². The van der Waals surface area contributed by atoms with Crippen LogP contribution in [0.25, 0.3) is 0 Å². The molecule has 19 heavy (non-hydrogen) atoms. The van der Waals surface area contributed by atoms with E-state index in [4.69, 9.17) is 11.5 Å². The molecule has 104 valence electrons. The molecule has 2 rings (SSSR count). The molecule has 7 nitrogen and oxygen atoms in total. The second-order valence-electron chi connectivity index (χ2n) is 4.95. The summed E-state index contributed by atoms with van der Waals surface area (Å²) in [7, 11) is 0. The Morgan fingerprint density at radius 1 is 1.42 bits per heavy atom. The second kappa shape index (κ2) is 5.29. The molecule has 0 aromatic carbocycles. The molecule has 7 heteroatoms. The van der Waals surface area contributed by atoms with Gasteiger partial charge in [0.25, 0.3) is 5.91 Å². The van der Waals surface area contributed by atoms with Crippen molar-refractivity contribution in [3.8, 4) is 0 Å². The Morgan fingerprint density at radius 3 is 2.53 bits per heavy atom. The van der Waals surface area contributed by atoms with E-state index in [2.05, 4.69) is 10.2 Å². The number of nitrogens with two attached hydrogens (primary N) is 2. The Labute approximate surface area is 111 Å². The predicted molar refractivity (Wildman–Crippen MR) is 70.2 cm³/mol. The molecule has 1 fully saturated rings. The fraction of sp³-hybridized carbons (Fsp3) is 0.583. The summed E-state index contributed by atoms with van der Waals surface area (Å²) in [6, 6.07) is 0.0522. The number of carbonyl (C=O) groups excluding carboxylic acids is 2. The van der Waals surface area contributed by atoms with Crippen LogP contribution in [0.5, 0.6) is 0 Å². The summed E-state index contributed by atoms with van der Waals surface area (Å²) in [6.07, 6.45) is 3.90. The highest BCUT2D eigenvalue weighted by Crippen LogP contribution is 2.25. The van der Waals surface area contributed by atoms with Crippen molar-refractivity contribution in [2.24, 2.45) is 5.73 Å². The van der Waals surface area contributed by atoms with Gasteiger partial charge >= 0.3 is 0 Å². The van der Waals surface area contributed by atoms with Crippen LogP contribution in [-0.4, -0.2) is 39.5 Å². The van der Waals surface area contributed by atoms with Gasteiger partial charge in [-0.15, -0.1) is 0 Å². The van der Waals surface area contributed by atoms with Crippen molar-refractivity contribution in [1.29, 1.82) is 0 Å². The van der Waals surface area contributed by atoms with Gasteiger partial charge in [0, 0.05) is 6.04 Å². The van der Waals surface area contributed by atoms with Crippen LogP contribution >= 0.6 is 0 Å². The predicted octanol–water partition coefficient (Wildman–Crippen LogP) is 0.170. The van der Waals surface area contributed by atoms with E-state index in [1.807, 2.05) is 0 Å². The summed E-state index contributed by atoms with van der Waals surface area (Å²) in [4.78, 5) is 25.1. The summed E-state index contributed by atoms with van der Waals surface area (Å²) >= 11 is 0. The Bertz CT molecular complexity index is 490. The number of aryl methyl sites for hydroxylation is 1. The second-order valence-corrected chi connectivity index (χ2v) is 4.95. The summed E-state index contributed by atoms with van der Waals surface area (Å²) in [5.41, 5.74) is 12.2. The van der Waals surface area contributed by atoms with E-state index < -0.39 is 5.91 Å². The summed E-state index contributed by atoms with van der Waals surface area (Å²) in [6.45, 7) is 1.65. The molecule has 0 radical (unpaired) electrons. The number of primary amides is 1. The Balaban J connectivity index is 2.24. The maximum atomic E-state index is 12.5. The van der Waals surface area contributed by atoms with Gasteiger partial charge < -0.3 is 16.4 Å². The van der Waals surface area contributed by atoms with E-state index >= 15 is 0 Å². The number of nitrogens with one attached hydrogen (secondary N) is 1. The van der Waals surface area contributed by atoms with Crippen molar-refractivity contribution in [3.05, 3.63) is 11.4 Å². The van der Waals surface area contributed by atoms with Crippen molar-refractivity contribution >= 4 is 17.5 Å². The van der Waals surface area contributed by atoms with E-state index in [0.717, 1.165) is 25.7 Å². The summed E-state index contributed by atoms with van der Waals surface area (Å²) < 4.78 is 0. The van der Waals surface area contributed by atoms with Crippen molar-refractivity contribution in [1.82, 2.24) is 15.1 Å². The molecule has 1 aliphatic carbocycles. The Morgan fingerprint density at radius 2 is 2.05 bits per heavy atom. The highest BCUT2D eigenvalue weighted by Gasteiger charge is 2.31. The van der Waals surface area contributed by atoms with Crippen molar-refractivity contribution in [2.45, 2.75) is 38.6 Å². The number of carbonyl (C=O) groups is 2. The lowest BCUT2D eigenvalue weighted by Crippen LogP contribution is -2.44. The summed E-state index contributed by atoms with van der Waals surface area (Å²) in [5.74, 6) is -0.848. The van der Waals surface area contributed by atoms with E-state index in [9.17, 15) is 9.59 Å². The van der Waals surface area contributed by atoms with Gasteiger partial charge in [-0.1, -0.05) is 12.8 Å². The van der Waals surface area contributed by atoms with Crippen LogP contribution in [0.3, 0.4) is 0 Å². The quantitative estimate of drug-likeness (QED) is 0.719. The molecule has 1 aromatic rings. The fourth-order valence-electron chi connectivity index (χ4n) is 2.49. The number of aromatic nitrogens is 2. The fourth-order valence-corrected chi connectivity index (χ4v) is 2.49. The van der Waals surface area contributed by atoms with Crippen LogP contribution in [0, 0.1) is 6.92 Å². The molecule has 0 unspecified atom stereocenters. The average molecular weight is 265 g/mol. The zero-order valence-electron chi connectivity index (χ0n) is 11.0. The number of aromatic amines is 1. The molecule has 1 aromatic heterocycles. The minimum Gasteiger partial charge on any atom is -0.395 e. The first-order valence-electron chi connectivity index (χ1n) is 6.40. The third-order valence-electron chi connectivity index (χ3n) is 3.55. The van der Waals surface area contributed by atoms with E-state index in [1.54, 1.807) is 6.92 Å². The number of hydrogen-bond donors (Lipinski definition) is 3. The maximum absolute atomic E-state index is 12.5. The number of amides is 2. The number of anilines is 1. The van der Waals surface area contributed by atoms with E-state index in [0.29, 0.717) is 11.4 Å². The largest absolute Gasteiger partial charge is 0.395 e. The SMILES string of the molecule is Cc1[nH]nc(C(=O)N(CC(N)=O)C2CCCC2)c1N. The molecule has 0 saturated heterocycles. The zero-order valence-corrected chi connectivity index (χ0v) is 11.0. The number of nitrogen functional groups attached to an aromatic ring is 1. The minimum atomic E-state index is -0.522. The Kier molecular flexibility index (Phi) is 3.73. The van der Waals surface area contributed by atoms with Gasteiger partial charge in [0.05, 0.1) is 17.9 Å². The molecule has 1 saturated carbocycles. The summed E-state index contributed by atoms with van der Waals surface area (Å²) in [5, 5.41) is 6.60. The first-order valence-corrected chi connectivity index (χ1v) is 6.40. The van der Waals surface area contributed by atoms with Crippen LogP contribution in [-0.2, 0) is 4.79 Å². The molecule has 1 aliphatic rings. The third kappa shape index (κ3) is 2.69. The normalized spacial score (nSPS) is 15.6. The molecule has 0 spiro atoms. The molecular weight excluding hydrogens is 246 g/mol. The van der Waals surface area contributed by atoms with Gasteiger partial charge in [-0.3, -0.25) is 14.7 Å². The van der Waals surface area contributed by atoms with Crippen LogP contribution in [0.4, 0.5) is 5.69 Å². The van der Waals surface area contributed by atoms with Crippen molar-refractivity contribution in [2.75, 3.05) is 12.3 Å². The lowest BCUT2D eigenvalue weighted by molar-refractivity contribution is -0.119. The van der Waals surface area contributed by atoms with E-state index in [1.165, 1.54) is 4.90 Å². The molecule has 2 amide bonds. The smallest absolute Gasteiger partial charge is 0.277 e. The number of H-pyrrole nitrogens is 1. The van der Waals surface area contributed by atoms with Crippen LogP contribution in [0.1, 0.15) is 41.9 Å². The molecule has 1 heterocycles. The van der Waals surface area contributed by atoms with Crippen LogP contribution in [0.2, 0.25) is 0 Å². The van der Waals surface area contributed by atoms with Crippen LogP contribution < -0.4 is 11.5 Å². The molecule has 0 bridgehead atoms. The van der Waals surface area contributed by atoms with Crippen LogP contribution in [0.15, 0.2) is 0 Å². The first kappa shape index (κ1) is 13.4. The van der Waals surface area contributed by atoms with Gasteiger partial charge in [0.2, 0.25) is 5.91 Å². The topological polar surface area (TPSA) is 118 Å².